The number of phosphoric acid groups is 2. The van der Waals surface area contributed by atoms with Crippen molar-refractivity contribution in [2.24, 2.45) is 23.7 Å². The van der Waals surface area contributed by atoms with Gasteiger partial charge in [-0.15, -0.1) is 0 Å². The summed E-state index contributed by atoms with van der Waals surface area (Å²) in [5.41, 5.74) is 0. The Bertz CT molecular complexity index is 2010. The molecule has 0 saturated carbocycles. The number of rotatable bonds is 81. The van der Waals surface area contributed by atoms with E-state index in [2.05, 4.69) is 55.4 Å². The minimum Gasteiger partial charge on any atom is -0.462 e. The molecule has 17 nitrogen and oxygen atoms in total. The molecular formula is C84H164O17P2. The number of ether oxygens (including phenoxy) is 4. The second kappa shape index (κ2) is 72.9. The van der Waals surface area contributed by atoms with Crippen molar-refractivity contribution in [1.82, 2.24) is 0 Å². The van der Waals surface area contributed by atoms with Gasteiger partial charge >= 0.3 is 39.5 Å². The van der Waals surface area contributed by atoms with Crippen LogP contribution in [0.3, 0.4) is 0 Å². The van der Waals surface area contributed by atoms with E-state index in [0.717, 1.165) is 114 Å². The van der Waals surface area contributed by atoms with Crippen LogP contribution in [0, 0.1) is 23.7 Å². The van der Waals surface area contributed by atoms with Crippen LogP contribution in [-0.4, -0.2) is 96.7 Å². The standard InChI is InChI=1S/C84H164O17P2/c1-9-75(6)61-53-45-37-29-25-21-18-19-22-26-30-40-48-56-64-81(86)94-70-79(100-83(88)66-58-50-42-31-27-23-17-15-13-12-14-16-20-24-28-36-44-52-60-74(4)5)72-98-102(90,91)96-68-78(85)69-97-103(92,93)99-73-80(101-84(89)67-59-51-43-35-33-39-47-55-63-77(8)11-3)71-95-82(87)65-57-49-41-34-32-38-46-54-62-76(7)10-2/h74-80,85H,9-73H2,1-8H3,(H,90,91)(H,92,93)/t75?,76?,77?,78-,79-,80-/m1/s1. The molecule has 0 spiro atoms. The maximum absolute atomic E-state index is 13.1. The number of unbranched alkanes of at least 4 members (excludes halogenated alkanes) is 44. The average Bonchev–Trinajstić information content (AvgIpc) is 0.940. The normalized spacial score (nSPS) is 14.8. The lowest BCUT2D eigenvalue weighted by Gasteiger charge is -2.21. The van der Waals surface area contributed by atoms with Crippen LogP contribution in [-0.2, 0) is 65.4 Å². The van der Waals surface area contributed by atoms with E-state index in [1.54, 1.807) is 0 Å². The minimum atomic E-state index is -4.97. The van der Waals surface area contributed by atoms with E-state index >= 15 is 0 Å². The monoisotopic (exact) mass is 1510 g/mol. The van der Waals surface area contributed by atoms with Crippen molar-refractivity contribution in [2.45, 2.75) is 453 Å². The summed E-state index contributed by atoms with van der Waals surface area (Å²) >= 11 is 0. The molecule has 612 valence electrons. The Labute approximate surface area is 632 Å². The van der Waals surface area contributed by atoms with Crippen molar-refractivity contribution < 1.29 is 80.2 Å². The van der Waals surface area contributed by atoms with Gasteiger partial charge in [0.15, 0.2) is 12.2 Å². The van der Waals surface area contributed by atoms with E-state index in [1.165, 1.54) is 238 Å². The van der Waals surface area contributed by atoms with E-state index in [1.807, 2.05) is 0 Å². The van der Waals surface area contributed by atoms with E-state index in [0.29, 0.717) is 25.7 Å². The maximum Gasteiger partial charge on any atom is 0.472 e. The van der Waals surface area contributed by atoms with E-state index in [9.17, 15) is 43.2 Å². The van der Waals surface area contributed by atoms with Crippen molar-refractivity contribution in [2.75, 3.05) is 39.6 Å². The summed E-state index contributed by atoms with van der Waals surface area (Å²) in [5.74, 6) is 1.11. The molecule has 8 atom stereocenters. The zero-order chi connectivity index (χ0) is 76.0. The van der Waals surface area contributed by atoms with E-state index < -0.39 is 97.5 Å². The third-order valence-electron chi connectivity index (χ3n) is 20.7. The van der Waals surface area contributed by atoms with E-state index in [-0.39, 0.29) is 25.7 Å². The number of esters is 4. The molecule has 0 aliphatic carbocycles. The van der Waals surface area contributed by atoms with Gasteiger partial charge in [-0.25, -0.2) is 9.13 Å². The molecule has 0 heterocycles. The lowest BCUT2D eigenvalue weighted by molar-refractivity contribution is -0.161. The fraction of sp³-hybridized carbons (Fsp3) is 0.952. The lowest BCUT2D eigenvalue weighted by Crippen LogP contribution is -2.30. The lowest BCUT2D eigenvalue weighted by atomic mass is 9.99. The van der Waals surface area contributed by atoms with Crippen LogP contribution in [0.15, 0.2) is 0 Å². The van der Waals surface area contributed by atoms with Gasteiger partial charge in [0, 0.05) is 25.7 Å². The third-order valence-corrected chi connectivity index (χ3v) is 22.6. The highest BCUT2D eigenvalue weighted by Gasteiger charge is 2.30. The van der Waals surface area contributed by atoms with Crippen LogP contribution in [0.1, 0.15) is 434 Å². The first-order valence-electron chi connectivity index (χ1n) is 43.3. The summed E-state index contributed by atoms with van der Waals surface area (Å²) in [5, 5.41) is 10.7. The number of phosphoric ester groups is 2. The second-order valence-corrected chi connectivity index (χ2v) is 34.3. The Morgan fingerprint density at radius 2 is 0.466 bits per heavy atom. The Morgan fingerprint density at radius 1 is 0.272 bits per heavy atom. The summed E-state index contributed by atoms with van der Waals surface area (Å²) < 4.78 is 68.8. The molecule has 19 heteroatoms. The SMILES string of the molecule is CCC(C)CCCCCCCCCCCCCCCCC(=O)OC[C@H](COP(=O)(O)OC[C@@H](O)COP(=O)(O)OC[C@@H](COC(=O)CCCCCCCCCCC(C)CC)OC(=O)CCCCCCCCCCC(C)CC)OC(=O)CCCCCCCCCCCCCCCCCCCCC(C)C. The molecule has 0 rings (SSSR count). The summed E-state index contributed by atoms with van der Waals surface area (Å²) in [4.78, 5) is 73.1. The van der Waals surface area contributed by atoms with Gasteiger partial charge in [0.25, 0.3) is 0 Å². The molecule has 0 aromatic carbocycles. The highest BCUT2D eigenvalue weighted by Crippen LogP contribution is 2.45. The van der Waals surface area contributed by atoms with Crippen molar-refractivity contribution in [1.29, 1.82) is 0 Å². The van der Waals surface area contributed by atoms with Crippen molar-refractivity contribution >= 4 is 39.5 Å². The molecule has 0 radical (unpaired) electrons. The minimum absolute atomic E-state index is 0.104. The molecule has 5 unspecified atom stereocenters. The molecule has 3 N–H and O–H groups in total. The van der Waals surface area contributed by atoms with Crippen LogP contribution < -0.4 is 0 Å². The highest BCUT2D eigenvalue weighted by atomic mass is 31.2. The number of carbonyl (C=O) groups excluding carboxylic acids is 4. The van der Waals surface area contributed by atoms with Gasteiger partial charge in [-0.3, -0.25) is 37.3 Å². The van der Waals surface area contributed by atoms with Gasteiger partial charge in [-0.05, 0) is 49.4 Å². The summed E-state index contributed by atoms with van der Waals surface area (Å²) in [6, 6.07) is 0. The smallest absolute Gasteiger partial charge is 0.462 e. The Balaban J connectivity index is 5.25. The molecule has 0 amide bonds. The Morgan fingerprint density at radius 3 is 0.689 bits per heavy atom. The van der Waals surface area contributed by atoms with Crippen molar-refractivity contribution in [3.8, 4) is 0 Å². The molecule has 103 heavy (non-hydrogen) atoms. The predicted octanol–water partition coefficient (Wildman–Crippen LogP) is 25.2. The van der Waals surface area contributed by atoms with Crippen molar-refractivity contribution in [3.05, 3.63) is 0 Å². The van der Waals surface area contributed by atoms with Crippen LogP contribution in [0.25, 0.3) is 0 Å². The number of aliphatic hydroxyl groups is 1. The topological polar surface area (TPSA) is 237 Å². The molecule has 0 aromatic rings. The first kappa shape index (κ1) is 101. The van der Waals surface area contributed by atoms with Gasteiger partial charge in [-0.1, -0.05) is 383 Å². The van der Waals surface area contributed by atoms with Crippen LogP contribution in [0.2, 0.25) is 0 Å². The first-order chi connectivity index (χ1) is 49.7. The molecular weight excluding hydrogens is 1340 g/mol. The second-order valence-electron chi connectivity index (χ2n) is 31.4. The summed E-state index contributed by atoms with van der Waals surface area (Å²) in [6.07, 6.45) is 61.0. The predicted molar refractivity (Wildman–Crippen MR) is 423 cm³/mol. The van der Waals surface area contributed by atoms with E-state index in [4.69, 9.17) is 37.0 Å². The maximum atomic E-state index is 13.1. The highest BCUT2D eigenvalue weighted by molar-refractivity contribution is 7.47. The van der Waals surface area contributed by atoms with Gasteiger partial charge in [0.05, 0.1) is 26.4 Å². The van der Waals surface area contributed by atoms with Crippen LogP contribution >= 0.6 is 15.6 Å². The molecule has 0 aromatic heterocycles. The number of hydrogen-bond acceptors (Lipinski definition) is 15. The number of aliphatic hydroxyl groups excluding tert-OH is 1. The quantitative estimate of drug-likeness (QED) is 0.0222. The largest absolute Gasteiger partial charge is 0.472 e. The van der Waals surface area contributed by atoms with Crippen molar-refractivity contribution in [3.63, 3.8) is 0 Å². The molecule has 0 aliphatic heterocycles. The van der Waals surface area contributed by atoms with Gasteiger partial charge < -0.3 is 33.8 Å². The fourth-order valence-electron chi connectivity index (χ4n) is 12.9. The van der Waals surface area contributed by atoms with Gasteiger partial charge in [-0.2, -0.15) is 0 Å². The molecule has 0 saturated heterocycles. The molecule has 0 fully saturated rings. The Hall–Kier alpha value is -1.94. The van der Waals surface area contributed by atoms with Crippen LogP contribution in [0.5, 0.6) is 0 Å². The summed E-state index contributed by atoms with van der Waals surface area (Å²) in [6.45, 7) is 14.4. The Kier molecular flexibility index (Phi) is 71.5. The number of carbonyl (C=O) groups is 4. The zero-order valence-electron chi connectivity index (χ0n) is 68.0. The summed E-state index contributed by atoms with van der Waals surface area (Å²) in [7, 11) is -9.93. The molecule has 0 aliphatic rings. The van der Waals surface area contributed by atoms with Gasteiger partial charge in [0.2, 0.25) is 0 Å². The van der Waals surface area contributed by atoms with Gasteiger partial charge in [0.1, 0.15) is 19.3 Å². The van der Waals surface area contributed by atoms with Crippen LogP contribution in [0.4, 0.5) is 0 Å². The first-order valence-corrected chi connectivity index (χ1v) is 46.3. The fourth-order valence-corrected chi connectivity index (χ4v) is 14.4. The third kappa shape index (κ3) is 74.0. The zero-order valence-corrected chi connectivity index (χ0v) is 69.7. The average molecular weight is 1510 g/mol. The number of hydrogen-bond donors (Lipinski definition) is 3. The molecule has 0 bridgehead atoms.